The van der Waals surface area contributed by atoms with Crippen LogP contribution in [0, 0.1) is 0 Å². The molecule has 1 amide bonds. The predicted octanol–water partition coefficient (Wildman–Crippen LogP) is 16.0. The maximum Gasteiger partial charge on any atom is 0.303 e. The number of piperazine rings is 1. The number of rotatable bonds is 71. The molecule has 14 heteroatoms. The molecule has 0 saturated carbocycles. The Morgan fingerprint density at radius 1 is 0.337 bits per heavy atom. The molecule has 0 aromatic carbocycles. The minimum Gasteiger partial charge on any atom is -0.481 e. The van der Waals surface area contributed by atoms with Gasteiger partial charge < -0.3 is 39.9 Å². The van der Waals surface area contributed by atoms with Gasteiger partial charge in [0.1, 0.15) is 0 Å². The fourth-order valence-electron chi connectivity index (χ4n) is 12.9. The number of ether oxygens (including phenoxy) is 2. The summed E-state index contributed by atoms with van der Waals surface area (Å²) in [6.45, 7) is 20.7. The number of aliphatic hydroxyl groups excluding tert-OH is 4. The Kier molecular flexibility index (Phi) is 62.7. The van der Waals surface area contributed by atoms with E-state index in [1.54, 1.807) is 0 Å². The molecule has 89 heavy (non-hydrogen) atoms. The summed E-state index contributed by atoms with van der Waals surface area (Å²) >= 11 is 0. The molecule has 0 spiro atoms. The third kappa shape index (κ3) is 57.7. The predicted molar refractivity (Wildman–Crippen MR) is 375 cm³/mol. The average Bonchev–Trinajstić information content (AvgIpc) is 3.67. The molecule has 1 fully saturated rings. The molecule has 1 saturated heterocycles. The quantitative estimate of drug-likeness (QED) is 0.0365. The molecule has 4 atom stereocenters. The summed E-state index contributed by atoms with van der Waals surface area (Å²) in [6, 6.07) is 0. The van der Waals surface area contributed by atoms with Crippen LogP contribution in [0.4, 0.5) is 0 Å². The minimum atomic E-state index is -0.889. The van der Waals surface area contributed by atoms with Gasteiger partial charge in [-0.3, -0.25) is 29.2 Å². The molecule has 14 nitrogen and oxygen atoms in total. The number of carboxylic acids is 1. The smallest absolute Gasteiger partial charge is 0.303 e. The topological polar surface area (TPSA) is 170 Å². The fraction of sp³-hybridized carbons (Fsp3) is 0.973. The SMILES string of the molecule is CCCCCCCCCCCCC(O)CN(CCOCCN1CCN(CCN(CCOCCN(CC(O)CCCCCCCCCCCC)CC(O)CCCCCCCCCCCC)C(=O)CCCC(=O)O)CC1)CC(O)CCCCCCCCCCCC. The Labute approximate surface area is 550 Å². The second-order valence-electron chi connectivity index (χ2n) is 27.6. The first-order valence-corrected chi connectivity index (χ1v) is 38.8. The zero-order chi connectivity index (χ0) is 64.7. The lowest BCUT2D eigenvalue weighted by Crippen LogP contribution is -2.50. The van der Waals surface area contributed by atoms with Gasteiger partial charge in [-0.15, -0.1) is 0 Å². The number of aliphatic hydroxyl groups is 4. The van der Waals surface area contributed by atoms with Crippen molar-refractivity contribution < 1.29 is 44.6 Å². The molecule has 0 aliphatic carbocycles. The van der Waals surface area contributed by atoms with E-state index in [-0.39, 0.29) is 18.7 Å². The number of amides is 1. The van der Waals surface area contributed by atoms with E-state index in [2.05, 4.69) is 47.3 Å². The number of hydrogen-bond donors (Lipinski definition) is 5. The Hall–Kier alpha value is -1.46. The third-order valence-electron chi connectivity index (χ3n) is 18.9. The molecule has 0 radical (unpaired) electrons. The number of carbonyl (C=O) groups excluding carboxylic acids is 1. The van der Waals surface area contributed by atoms with Crippen LogP contribution in [0.3, 0.4) is 0 Å². The first kappa shape index (κ1) is 85.6. The van der Waals surface area contributed by atoms with Crippen LogP contribution in [0.1, 0.15) is 329 Å². The van der Waals surface area contributed by atoms with Crippen LogP contribution in [0.5, 0.6) is 0 Å². The number of nitrogens with zero attached hydrogens (tertiary/aromatic N) is 5. The molecular weight excluding hydrogens is 1110 g/mol. The molecule has 0 aromatic rings. The van der Waals surface area contributed by atoms with Gasteiger partial charge in [0.05, 0.1) is 50.8 Å². The Balaban J connectivity index is 2.67. The van der Waals surface area contributed by atoms with Gasteiger partial charge in [0.25, 0.3) is 0 Å². The van der Waals surface area contributed by atoms with E-state index in [1.165, 1.54) is 218 Å². The summed E-state index contributed by atoms with van der Waals surface area (Å²) in [5, 5.41) is 54.0. The molecule has 1 aliphatic rings. The van der Waals surface area contributed by atoms with Gasteiger partial charge in [-0.1, -0.05) is 285 Å². The number of carbonyl (C=O) groups is 2. The van der Waals surface area contributed by atoms with Gasteiger partial charge in [0.2, 0.25) is 5.91 Å². The van der Waals surface area contributed by atoms with Crippen LogP contribution < -0.4 is 0 Å². The van der Waals surface area contributed by atoms with Crippen LogP contribution in [-0.2, 0) is 19.1 Å². The average molecular weight is 1270 g/mol. The molecule has 0 aromatic heterocycles. The van der Waals surface area contributed by atoms with Gasteiger partial charge in [0, 0.05) is 104 Å². The maximum atomic E-state index is 13.6. The van der Waals surface area contributed by atoms with Crippen LogP contribution in [0.2, 0.25) is 0 Å². The molecule has 5 N–H and O–H groups in total. The van der Waals surface area contributed by atoms with Gasteiger partial charge in [-0.05, 0) is 32.1 Å². The van der Waals surface area contributed by atoms with Gasteiger partial charge >= 0.3 is 5.97 Å². The standard InChI is InChI=1S/C75H151N5O9/c1-5-9-13-17-21-25-29-33-37-41-46-70(81)66-78(67-71(82)47-42-38-34-30-26-22-18-14-10-6-2)59-63-88-62-58-77-54-52-76(53-55-77)56-57-80(74(85)50-45-51-75(86)87)61-65-89-64-60-79(68-72(83)48-43-39-35-31-27-23-19-15-11-7-3)69-73(84)49-44-40-36-32-28-24-20-16-12-8-4/h70-73,81-84H,5-69H2,1-4H3,(H,86,87). The summed E-state index contributed by atoms with van der Waals surface area (Å²) in [6.07, 6.45) is 52.9. The highest BCUT2D eigenvalue weighted by Gasteiger charge is 2.22. The molecule has 4 unspecified atom stereocenters. The van der Waals surface area contributed by atoms with Crippen molar-refractivity contribution in [3.8, 4) is 0 Å². The van der Waals surface area contributed by atoms with E-state index < -0.39 is 30.4 Å². The second kappa shape index (κ2) is 65.2. The Morgan fingerprint density at radius 3 is 0.910 bits per heavy atom. The van der Waals surface area contributed by atoms with Crippen molar-refractivity contribution in [2.45, 2.75) is 354 Å². The number of hydrogen-bond acceptors (Lipinski definition) is 12. The highest BCUT2D eigenvalue weighted by Crippen LogP contribution is 2.18. The molecule has 1 aliphatic heterocycles. The van der Waals surface area contributed by atoms with Crippen LogP contribution in [-0.4, -0.2) is 204 Å². The summed E-state index contributed by atoms with van der Waals surface area (Å²) in [5.41, 5.74) is 0. The van der Waals surface area contributed by atoms with Gasteiger partial charge in [-0.2, -0.15) is 0 Å². The van der Waals surface area contributed by atoms with Crippen molar-refractivity contribution in [3.05, 3.63) is 0 Å². The van der Waals surface area contributed by atoms with E-state index in [1.807, 2.05) is 4.90 Å². The normalized spacial score (nSPS) is 14.8. The zero-order valence-corrected chi connectivity index (χ0v) is 59.4. The molecule has 530 valence electrons. The van der Waals surface area contributed by atoms with Crippen molar-refractivity contribution in [1.29, 1.82) is 0 Å². The van der Waals surface area contributed by atoms with Crippen molar-refractivity contribution >= 4 is 11.9 Å². The lowest BCUT2D eigenvalue weighted by Gasteiger charge is -2.36. The van der Waals surface area contributed by atoms with Crippen molar-refractivity contribution in [2.24, 2.45) is 0 Å². The van der Waals surface area contributed by atoms with E-state index in [0.29, 0.717) is 85.2 Å². The van der Waals surface area contributed by atoms with E-state index in [4.69, 9.17) is 9.47 Å². The summed E-state index contributed by atoms with van der Waals surface area (Å²) < 4.78 is 12.5. The molecule has 1 rings (SSSR count). The fourth-order valence-corrected chi connectivity index (χ4v) is 12.9. The van der Waals surface area contributed by atoms with Crippen molar-refractivity contribution in [2.75, 3.05) is 118 Å². The van der Waals surface area contributed by atoms with Crippen molar-refractivity contribution in [3.63, 3.8) is 0 Å². The van der Waals surface area contributed by atoms with Crippen LogP contribution in [0.25, 0.3) is 0 Å². The zero-order valence-electron chi connectivity index (χ0n) is 59.4. The summed E-state index contributed by atoms with van der Waals surface area (Å²) in [5.74, 6) is -0.928. The van der Waals surface area contributed by atoms with Crippen LogP contribution in [0.15, 0.2) is 0 Å². The van der Waals surface area contributed by atoms with Crippen LogP contribution >= 0.6 is 0 Å². The Bertz CT molecular complexity index is 1420. The maximum absolute atomic E-state index is 13.6. The third-order valence-corrected chi connectivity index (χ3v) is 18.9. The van der Waals surface area contributed by atoms with E-state index in [9.17, 15) is 35.1 Å². The summed E-state index contributed by atoms with van der Waals surface area (Å²) in [7, 11) is 0. The molecular formula is C75H151N5O9. The monoisotopic (exact) mass is 1270 g/mol. The lowest BCUT2D eigenvalue weighted by molar-refractivity contribution is -0.137. The van der Waals surface area contributed by atoms with Gasteiger partial charge in [-0.25, -0.2) is 0 Å². The number of unbranched alkanes of at least 4 members (excludes halogenated alkanes) is 36. The van der Waals surface area contributed by atoms with E-state index >= 15 is 0 Å². The van der Waals surface area contributed by atoms with E-state index in [0.717, 1.165) is 103 Å². The van der Waals surface area contributed by atoms with Crippen molar-refractivity contribution in [1.82, 2.24) is 24.5 Å². The first-order valence-electron chi connectivity index (χ1n) is 38.8. The first-order chi connectivity index (χ1) is 43.5. The number of carboxylic acid groups (broad SMARTS) is 1. The molecule has 0 bridgehead atoms. The second-order valence-corrected chi connectivity index (χ2v) is 27.6. The minimum absolute atomic E-state index is 0.0306. The molecule has 1 heterocycles. The summed E-state index contributed by atoms with van der Waals surface area (Å²) in [4.78, 5) is 36.0. The van der Waals surface area contributed by atoms with Gasteiger partial charge in [0.15, 0.2) is 0 Å². The lowest BCUT2D eigenvalue weighted by atomic mass is 10.0. The Morgan fingerprint density at radius 2 is 0.607 bits per heavy atom. The highest BCUT2D eigenvalue weighted by molar-refractivity contribution is 5.77. The highest BCUT2D eigenvalue weighted by atomic mass is 16.5. The largest absolute Gasteiger partial charge is 0.481 e. The number of aliphatic carboxylic acids is 1.